The van der Waals surface area contributed by atoms with E-state index in [1.807, 2.05) is 26.0 Å². The van der Waals surface area contributed by atoms with Crippen molar-refractivity contribution in [2.24, 2.45) is 0 Å². The molecule has 0 aromatic carbocycles. The highest BCUT2D eigenvalue weighted by atomic mass is 16.5. The molecule has 0 aliphatic heterocycles. The van der Waals surface area contributed by atoms with E-state index in [0.29, 0.717) is 6.61 Å². The van der Waals surface area contributed by atoms with E-state index >= 15 is 0 Å². The average molecular weight is 167 g/mol. The number of aliphatic hydroxyl groups excluding tert-OH is 1. The van der Waals surface area contributed by atoms with Crippen LogP contribution in [0.4, 0.5) is 0 Å². The summed E-state index contributed by atoms with van der Waals surface area (Å²) in [5.41, 5.74) is 1.84. The lowest BCUT2D eigenvalue weighted by atomic mass is 10.3. The summed E-state index contributed by atoms with van der Waals surface area (Å²) in [6.45, 7) is 4.18. The van der Waals surface area contributed by atoms with Gasteiger partial charge in [0.25, 0.3) is 0 Å². The fourth-order valence-corrected chi connectivity index (χ4v) is 0.982. The van der Waals surface area contributed by atoms with Crippen molar-refractivity contribution in [3.63, 3.8) is 0 Å². The molecule has 1 N–H and O–H groups in total. The van der Waals surface area contributed by atoms with Crippen LogP contribution in [0.25, 0.3) is 0 Å². The lowest BCUT2D eigenvalue weighted by Gasteiger charge is -2.06. The number of hydrogen-bond acceptors (Lipinski definition) is 3. The van der Waals surface area contributed by atoms with Crippen molar-refractivity contribution in [3.05, 3.63) is 23.5 Å². The van der Waals surface area contributed by atoms with E-state index in [-0.39, 0.29) is 6.61 Å². The van der Waals surface area contributed by atoms with Gasteiger partial charge < -0.3 is 9.84 Å². The van der Waals surface area contributed by atoms with Gasteiger partial charge in [0.2, 0.25) is 0 Å². The molecule has 1 aromatic rings. The Morgan fingerprint density at radius 3 is 2.75 bits per heavy atom. The molecule has 1 rings (SSSR count). The summed E-state index contributed by atoms with van der Waals surface area (Å²) in [5, 5.41) is 8.53. The number of aliphatic hydroxyl groups is 1. The zero-order chi connectivity index (χ0) is 8.97. The monoisotopic (exact) mass is 167 g/mol. The third-order valence-electron chi connectivity index (χ3n) is 1.53. The first-order valence-corrected chi connectivity index (χ1v) is 3.92. The average Bonchev–Trinajstić information content (AvgIpc) is 2.03. The molecular weight excluding hydrogens is 154 g/mol. The zero-order valence-electron chi connectivity index (χ0n) is 7.37. The van der Waals surface area contributed by atoms with Gasteiger partial charge in [-0.25, -0.2) is 0 Å². The molecule has 0 unspecified atom stereocenters. The summed E-state index contributed by atoms with van der Waals surface area (Å²) in [4.78, 5) is 4.22. The Morgan fingerprint density at radius 1 is 1.42 bits per heavy atom. The Labute approximate surface area is 72.0 Å². The van der Waals surface area contributed by atoms with Crippen LogP contribution < -0.4 is 4.74 Å². The Morgan fingerprint density at radius 2 is 2.17 bits per heavy atom. The summed E-state index contributed by atoms with van der Waals surface area (Å²) in [7, 11) is 0. The van der Waals surface area contributed by atoms with E-state index in [2.05, 4.69) is 4.98 Å². The van der Waals surface area contributed by atoms with Crippen molar-refractivity contribution in [1.29, 1.82) is 0 Å². The molecule has 0 fully saturated rings. The second-order valence-corrected chi connectivity index (χ2v) is 2.61. The van der Waals surface area contributed by atoms with Crippen LogP contribution in [0.3, 0.4) is 0 Å². The first-order valence-electron chi connectivity index (χ1n) is 3.92. The maximum absolute atomic E-state index is 8.53. The molecule has 66 valence electrons. The number of hydrogen-bond donors (Lipinski definition) is 1. The SMILES string of the molecule is Cc1ccc(OCCO)c(C)n1. The molecule has 0 saturated carbocycles. The molecule has 3 heteroatoms. The van der Waals surface area contributed by atoms with Crippen molar-refractivity contribution in [3.8, 4) is 5.75 Å². The second kappa shape index (κ2) is 4.07. The van der Waals surface area contributed by atoms with Gasteiger partial charge in [-0.2, -0.15) is 0 Å². The number of aryl methyl sites for hydroxylation is 2. The third-order valence-corrected chi connectivity index (χ3v) is 1.53. The van der Waals surface area contributed by atoms with E-state index in [0.717, 1.165) is 17.1 Å². The number of nitrogens with zero attached hydrogens (tertiary/aromatic N) is 1. The van der Waals surface area contributed by atoms with E-state index in [4.69, 9.17) is 9.84 Å². The third kappa shape index (κ3) is 2.20. The minimum absolute atomic E-state index is 0.0350. The maximum Gasteiger partial charge on any atom is 0.140 e. The molecule has 0 saturated heterocycles. The van der Waals surface area contributed by atoms with Crippen LogP contribution in [0.5, 0.6) is 5.75 Å². The maximum atomic E-state index is 8.53. The standard InChI is InChI=1S/C9H13NO2/c1-7-3-4-9(8(2)10-7)12-6-5-11/h3-4,11H,5-6H2,1-2H3. The van der Waals surface area contributed by atoms with Gasteiger partial charge in [0, 0.05) is 5.69 Å². The van der Waals surface area contributed by atoms with Crippen LogP contribution in [0.15, 0.2) is 12.1 Å². The fraction of sp³-hybridized carbons (Fsp3) is 0.444. The van der Waals surface area contributed by atoms with Gasteiger partial charge in [-0.3, -0.25) is 4.98 Å². The summed E-state index contributed by atoms with van der Waals surface area (Å²) in [6, 6.07) is 3.76. The molecule has 12 heavy (non-hydrogen) atoms. The quantitative estimate of drug-likeness (QED) is 0.732. The lowest BCUT2D eigenvalue weighted by molar-refractivity contribution is 0.200. The summed E-state index contributed by atoms with van der Waals surface area (Å²) < 4.78 is 5.23. The molecule has 0 spiro atoms. The van der Waals surface area contributed by atoms with Gasteiger partial charge in [0.05, 0.1) is 12.3 Å². The summed E-state index contributed by atoms with van der Waals surface area (Å²) in [5.74, 6) is 0.745. The number of ether oxygens (including phenoxy) is 1. The van der Waals surface area contributed by atoms with Crippen LogP contribution in [-0.4, -0.2) is 23.3 Å². The molecule has 1 heterocycles. The molecule has 0 atom stereocenters. The number of rotatable bonds is 3. The van der Waals surface area contributed by atoms with Gasteiger partial charge >= 0.3 is 0 Å². The van der Waals surface area contributed by atoms with Crippen LogP contribution >= 0.6 is 0 Å². The van der Waals surface area contributed by atoms with Crippen molar-refractivity contribution >= 4 is 0 Å². The van der Waals surface area contributed by atoms with Crippen LogP contribution in [-0.2, 0) is 0 Å². The first-order chi connectivity index (χ1) is 5.74. The van der Waals surface area contributed by atoms with Gasteiger partial charge in [0.15, 0.2) is 0 Å². The van der Waals surface area contributed by atoms with E-state index < -0.39 is 0 Å². The van der Waals surface area contributed by atoms with Crippen LogP contribution in [0.1, 0.15) is 11.4 Å². The van der Waals surface area contributed by atoms with Crippen molar-refractivity contribution < 1.29 is 9.84 Å². The zero-order valence-corrected chi connectivity index (χ0v) is 7.37. The molecule has 0 bridgehead atoms. The Hall–Kier alpha value is -1.09. The van der Waals surface area contributed by atoms with Crippen molar-refractivity contribution in [2.75, 3.05) is 13.2 Å². The van der Waals surface area contributed by atoms with Gasteiger partial charge in [-0.1, -0.05) is 0 Å². The minimum atomic E-state index is 0.0350. The number of pyridine rings is 1. The summed E-state index contributed by atoms with van der Waals surface area (Å²) >= 11 is 0. The second-order valence-electron chi connectivity index (χ2n) is 2.61. The Balaban J connectivity index is 2.72. The van der Waals surface area contributed by atoms with Gasteiger partial charge in [-0.15, -0.1) is 0 Å². The molecule has 0 amide bonds. The largest absolute Gasteiger partial charge is 0.489 e. The van der Waals surface area contributed by atoms with Crippen LogP contribution in [0.2, 0.25) is 0 Å². The highest BCUT2D eigenvalue weighted by Gasteiger charge is 1.99. The lowest BCUT2D eigenvalue weighted by Crippen LogP contribution is -2.03. The van der Waals surface area contributed by atoms with E-state index in [9.17, 15) is 0 Å². The smallest absolute Gasteiger partial charge is 0.140 e. The molecule has 0 aliphatic carbocycles. The fourth-order valence-electron chi connectivity index (χ4n) is 0.982. The predicted octanol–water partition coefficient (Wildman–Crippen LogP) is 1.07. The molecule has 1 aromatic heterocycles. The summed E-state index contributed by atoms with van der Waals surface area (Å²) in [6.07, 6.45) is 0. The molecule has 0 radical (unpaired) electrons. The Bertz CT molecular complexity index is 261. The first kappa shape index (κ1) is 9.00. The number of aromatic nitrogens is 1. The van der Waals surface area contributed by atoms with Gasteiger partial charge in [-0.05, 0) is 26.0 Å². The highest BCUT2D eigenvalue weighted by molar-refractivity contribution is 5.27. The van der Waals surface area contributed by atoms with Crippen molar-refractivity contribution in [2.45, 2.75) is 13.8 Å². The molecule has 3 nitrogen and oxygen atoms in total. The van der Waals surface area contributed by atoms with Crippen LogP contribution in [0, 0.1) is 13.8 Å². The predicted molar refractivity (Wildman–Crippen MR) is 46.3 cm³/mol. The van der Waals surface area contributed by atoms with Crippen molar-refractivity contribution in [1.82, 2.24) is 4.98 Å². The topological polar surface area (TPSA) is 42.4 Å². The Kier molecular flexibility index (Phi) is 3.05. The molecular formula is C9H13NO2. The molecule has 0 aliphatic rings. The minimum Gasteiger partial charge on any atom is -0.489 e. The van der Waals surface area contributed by atoms with E-state index in [1.54, 1.807) is 0 Å². The highest BCUT2D eigenvalue weighted by Crippen LogP contribution is 2.14. The van der Waals surface area contributed by atoms with E-state index in [1.165, 1.54) is 0 Å². The van der Waals surface area contributed by atoms with Gasteiger partial charge in [0.1, 0.15) is 12.4 Å². The normalized spacial score (nSPS) is 9.92.